The summed E-state index contributed by atoms with van der Waals surface area (Å²) in [6, 6.07) is 7.71. The molecule has 19 heavy (non-hydrogen) atoms. The number of ether oxygens (including phenoxy) is 2. The third-order valence-corrected chi connectivity index (χ3v) is 5.06. The second kappa shape index (κ2) is 7.62. The average molecular weight is 283 g/mol. The number of hydrogen-bond donors (Lipinski definition) is 1. The van der Waals surface area contributed by atoms with Gasteiger partial charge in [0.2, 0.25) is 0 Å². The van der Waals surface area contributed by atoms with Crippen molar-refractivity contribution in [3.05, 3.63) is 29.8 Å². The fourth-order valence-electron chi connectivity index (χ4n) is 2.15. The molecule has 1 fully saturated rings. The standard InChI is InChI=1S/C14H21NO3S/c15-11-12-3-1-2-4-14(12)18-9-10-19(16)13-5-7-17-8-6-13/h1-4,13H,5-11,15H2. The number of rotatable bonds is 6. The zero-order valence-corrected chi connectivity index (χ0v) is 11.9. The van der Waals surface area contributed by atoms with Gasteiger partial charge in [0, 0.05) is 41.4 Å². The summed E-state index contributed by atoms with van der Waals surface area (Å²) in [6.07, 6.45) is 1.79. The first-order valence-corrected chi connectivity index (χ1v) is 8.05. The van der Waals surface area contributed by atoms with Crippen molar-refractivity contribution in [3.8, 4) is 5.75 Å². The Kier molecular flexibility index (Phi) is 5.82. The van der Waals surface area contributed by atoms with E-state index in [-0.39, 0.29) is 5.25 Å². The van der Waals surface area contributed by atoms with Crippen molar-refractivity contribution in [2.24, 2.45) is 5.73 Å². The van der Waals surface area contributed by atoms with Crippen LogP contribution >= 0.6 is 0 Å². The Bertz CT molecular complexity index is 419. The lowest BCUT2D eigenvalue weighted by molar-refractivity contribution is 0.0991. The Labute approximate surface area is 116 Å². The predicted octanol–water partition coefficient (Wildman–Crippen LogP) is 1.45. The zero-order chi connectivity index (χ0) is 13.5. The van der Waals surface area contributed by atoms with Crippen LogP contribution in [0.3, 0.4) is 0 Å². The van der Waals surface area contributed by atoms with Gasteiger partial charge in [-0.05, 0) is 18.9 Å². The van der Waals surface area contributed by atoms with Gasteiger partial charge in [0.15, 0.2) is 0 Å². The topological polar surface area (TPSA) is 61.5 Å². The first kappa shape index (κ1) is 14.5. The smallest absolute Gasteiger partial charge is 0.123 e. The van der Waals surface area contributed by atoms with E-state index in [9.17, 15) is 4.21 Å². The Morgan fingerprint density at radius 3 is 2.79 bits per heavy atom. The van der Waals surface area contributed by atoms with E-state index in [4.69, 9.17) is 15.2 Å². The summed E-state index contributed by atoms with van der Waals surface area (Å²) in [4.78, 5) is 0. The molecule has 0 spiro atoms. The normalized spacial score (nSPS) is 18.2. The Morgan fingerprint density at radius 2 is 2.05 bits per heavy atom. The fraction of sp³-hybridized carbons (Fsp3) is 0.571. The molecule has 1 aliphatic heterocycles. The van der Waals surface area contributed by atoms with E-state index >= 15 is 0 Å². The summed E-state index contributed by atoms with van der Waals surface area (Å²) in [6.45, 7) is 2.39. The van der Waals surface area contributed by atoms with E-state index in [1.54, 1.807) is 0 Å². The lowest BCUT2D eigenvalue weighted by atomic mass is 10.2. The minimum Gasteiger partial charge on any atom is -0.492 e. The molecule has 0 aromatic heterocycles. The van der Waals surface area contributed by atoms with E-state index in [2.05, 4.69) is 0 Å². The van der Waals surface area contributed by atoms with Gasteiger partial charge < -0.3 is 15.2 Å². The van der Waals surface area contributed by atoms with E-state index in [0.717, 1.165) is 37.4 Å². The highest BCUT2D eigenvalue weighted by molar-refractivity contribution is 7.85. The molecule has 1 aliphatic rings. The molecular weight excluding hydrogens is 262 g/mol. The summed E-state index contributed by atoms with van der Waals surface area (Å²) >= 11 is 0. The number of benzene rings is 1. The van der Waals surface area contributed by atoms with Crippen LogP contribution in [0.4, 0.5) is 0 Å². The molecule has 1 saturated heterocycles. The van der Waals surface area contributed by atoms with Crippen molar-refractivity contribution < 1.29 is 13.7 Å². The number of para-hydroxylation sites is 1. The number of hydrogen-bond acceptors (Lipinski definition) is 4. The minimum absolute atomic E-state index is 0.266. The molecule has 0 bridgehead atoms. The van der Waals surface area contributed by atoms with Crippen LogP contribution in [-0.2, 0) is 22.1 Å². The van der Waals surface area contributed by atoms with Gasteiger partial charge in [-0.3, -0.25) is 4.21 Å². The van der Waals surface area contributed by atoms with Gasteiger partial charge in [-0.2, -0.15) is 0 Å². The van der Waals surface area contributed by atoms with Crippen LogP contribution < -0.4 is 10.5 Å². The third kappa shape index (κ3) is 4.30. The molecule has 0 saturated carbocycles. The molecule has 106 valence electrons. The van der Waals surface area contributed by atoms with Crippen molar-refractivity contribution in [2.45, 2.75) is 24.6 Å². The molecule has 1 aromatic carbocycles. The van der Waals surface area contributed by atoms with E-state index in [1.807, 2.05) is 24.3 Å². The predicted molar refractivity (Wildman–Crippen MR) is 76.7 cm³/mol. The Morgan fingerprint density at radius 1 is 1.32 bits per heavy atom. The highest BCUT2D eigenvalue weighted by atomic mass is 32.2. The first-order valence-electron chi connectivity index (χ1n) is 6.67. The Balaban J connectivity index is 1.78. The van der Waals surface area contributed by atoms with Gasteiger partial charge >= 0.3 is 0 Å². The molecule has 0 aliphatic carbocycles. The van der Waals surface area contributed by atoms with E-state index < -0.39 is 10.8 Å². The van der Waals surface area contributed by atoms with Crippen LogP contribution in [0.1, 0.15) is 18.4 Å². The number of nitrogens with two attached hydrogens (primary N) is 1. The van der Waals surface area contributed by atoms with Crippen molar-refractivity contribution >= 4 is 10.8 Å². The van der Waals surface area contributed by atoms with Crippen LogP contribution in [0.2, 0.25) is 0 Å². The maximum atomic E-state index is 12.1. The lowest BCUT2D eigenvalue weighted by Crippen LogP contribution is -2.28. The first-order chi connectivity index (χ1) is 9.31. The SMILES string of the molecule is NCc1ccccc1OCCS(=O)C1CCOCC1. The second-order valence-electron chi connectivity index (χ2n) is 4.56. The highest BCUT2D eigenvalue weighted by Gasteiger charge is 2.19. The van der Waals surface area contributed by atoms with Crippen LogP contribution in [-0.4, -0.2) is 35.0 Å². The molecule has 1 unspecified atom stereocenters. The van der Waals surface area contributed by atoms with Crippen molar-refractivity contribution in [3.63, 3.8) is 0 Å². The zero-order valence-electron chi connectivity index (χ0n) is 11.0. The molecule has 2 N–H and O–H groups in total. The molecule has 0 amide bonds. The summed E-state index contributed by atoms with van der Waals surface area (Å²) in [5.41, 5.74) is 6.63. The van der Waals surface area contributed by atoms with E-state index in [0.29, 0.717) is 18.9 Å². The summed E-state index contributed by atoms with van der Waals surface area (Å²) < 4.78 is 23.1. The molecular formula is C14H21NO3S. The van der Waals surface area contributed by atoms with Crippen LogP contribution in [0, 0.1) is 0 Å². The quantitative estimate of drug-likeness (QED) is 0.858. The van der Waals surface area contributed by atoms with Crippen molar-refractivity contribution in [1.82, 2.24) is 0 Å². The van der Waals surface area contributed by atoms with E-state index in [1.165, 1.54) is 0 Å². The molecule has 1 atom stereocenters. The monoisotopic (exact) mass is 283 g/mol. The van der Waals surface area contributed by atoms with Gasteiger partial charge in [0.05, 0.1) is 12.4 Å². The average Bonchev–Trinajstić information content (AvgIpc) is 2.48. The van der Waals surface area contributed by atoms with Crippen molar-refractivity contribution in [2.75, 3.05) is 25.6 Å². The molecule has 4 nitrogen and oxygen atoms in total. The maximum Gasteiger partial charge on any atom is 0.123 e. The molecule has 2 rings (SSSR count). The van der Waals surface area contributed by atoms with Gasteiger partial charge in [0.1, 0.15) is 5.75 Å². The van der Waals surface area contributed by atoms with Crippen LogP contribution in [0.5, 0.6) is 5.75 Å². The van der Waals surface area contributed by atoms with Crippen molar-refractivity contribution in [1.29, 1.82) is 0 Å². The summed E-state index contributed by atoms with van der Waals surface area (Å²) in [5.74, 6) is 1.37. The molecule has 1 heterocycles. The molecule has 1 aromatic rings. The Hall–Kier alpha value is -0.910. The summed E-state index contributed by atoms with van der Waals surface area (Å²) in [7, 11) is -0.825. The van der Waals surface area contributed by atoms with Gasteiger partial charge in [-0.15, -0.1) is 0 Å². The molecule has 5 heteroatoms. The van der Waals surface area contributed by atoms with Gasteiger partial charge in [0.25, 0.3) is 0 Å². The second-order valence-corrected chi connectivity index (χ2v) is 6.39. The largest absolute Gasteiger partial charge is 0.492 e. The fourth-order valence-corrected chi connectivity index (χ4v) is 3.45. The highest BCUT2D eigenvalue weighted by Crippen LogP contribution is 2.18. The maximum absolute atomic E-state index is 12.1. The lowest BCUT2D eigenvalue weighted by Gasteiger charge is -2.21. The van der Waals surface area contributed by atoms with Gasteiger partial charge in [-0.25, -0.2) is 0 Å². The van der Waals surface area contributed by atoms with Crippen LogP contribution in [0.15, 0.2) is 24.3 Å². The van der Waals surface area contributed by atoms with Gasteiger partial charge in [-0.1, -0.05) is 18.2 Å². The van der Waals surface area contributed by atoms with Crippen LogP contribution in [0.25, 0.3) is 0 Å². The third-order valence-electron chi connectivity index (χ3n) is 3.27. The minimum atomic E-state index is -0.825. The molecule has 0 radical (unpaired) electrons. The summed E-state index contributed by atoms with van der Waals surface area (Å²) in [5, 5.41) is 0.266.